The molecule has 0 spiro atoms. The van der Waals surface area contributed by atoms with Crippen molar-refractivity contribution in [3.05, 3.63) is 33.8 Å². The third-order valence-corrected chi connectivity index (χ3v) is 4.52. The van der Waals surface area contributed by atoms with Crippen molar-refractivity contribution in [3.63, 3.8) is 0 Å². The molecule has 0 aliphatic carbocycles. The molecule has 0 amide bonds. The smallest absolute Gasteiger partial charge is 0.341 e. The number of hydrogen-bond acceptors (Lipinski definition) is 3. The molecule has 0 N–H and O–H groups in total. The number of rotatable bonds is 5. The molecular formula is C15H18Cl2O3. The Morgan fingerprint density at radius 3 is 2.55 bits per heavy atom. The number of carbonyl (C=O) groups excluding carboxylic acids is 1. The van der Waals surface area contributed by atoms with Gasteiger partial charge in [0.05, 0.1) is 16.7 Å². The fraction of sp³-hybridized carbons (Fsp3) is 0.533. The molecule has 0 saturated carbocycles. The van der Waals surface area contributed by atoms with Crippen molar-refractivity contribution in [2.75, 3.05) is 6.61 Å². The second-order valence-electron chi connectivity index (χ2n) is 5.06. The zero-order valence-corrected chi connectivity index (χ0v) is 13.3. The number of carbonyl (C=O) groups is 1. The first-order chi connectivity index (χ1) is 9.41. The van der Waals surface area contributed by atoms with E-state index >= 15 is 0 Å². The maximum atomic E-state index is 12.3. The third-order valence-electron chi connectivity index (χ3n) is 3.79. The van der Waals surface area contributed by atoms with Crippen LogP contribution in [-0.4, -0.2) is 18.2 Å². The Bertz CT molecular complexity index is 532. The Labute approximate surface area is 129 Å². The number of esters is 1. The summed E-state index contributed by atoms with van der Waals surface area (Å²) in [7, 11) is 0. The molecule has 3 nitrogen and oxygen atoms in total. The zero-order valence-electron chi connectivity index (χ0n) is 11.8. The molecule has 1 heterocycles. The Morgan fingerprint density at radius 1 is 1.30 bits per heavy atom. The second-order valence-corrected chi connectivity index (χ2v) is 5.88. The normalized spacial score (nSPS) is 28.2. The van der Waals surface area contributed by atoms with Crippen LogP contribution < -0.4 is 0 Å². The Balaban J connectivity index is 2.35. The second kappa shape index (κ2) is 5.55. The van der Waals surface area contributed by atoms with Crippen LogP contribution in [0.4, 0.5) is 0 Å². The summed E-state index contributed by atoms with van der Waals surface area (Å²) in [5.74, 6) is -0.310. The highest BCUT2D eigenvalue weighted by molar-refractivity contribution is 6.42. The summed E-state index contributed by atoms with van der Waals surface area (Å²) < 4.78 is 11.0. The number of hydrogen-bond donors (Lipinski definition) is 0. The molecule has 2 rings (SSSR count). The summed E-state index contributed by atoms with van der Waals surface area (Å²) in [6.45, 7) is 6.03. The molecule has 20 heavy (non-hydrogen) atoms. The average molecular weight is 317 g/mol. The van der Waals surface area contributed by atoms with E-state index in [1.54, 1.807) is 19.1 Å². The minimum atomic E-state index is -0.908. The fourth-order valence-corrected chi connectivity index (χ4v) is 2.93. The van der Waals surface area contributed by atoms with Crippen LogP contribution in [0.3, 0.4) is 0 Å². The number of epoxide rings is 1. The van der Waals surface area contributed by atoms with Crippen molar-refractivity contribution < 1.29 is 14.3 Å². The van der Waals surface area contributed by atoms with Gasteiger partial charge in [0.2, 0.25) is 0 Å². The van der Waals surface area contributed by atoms with E-state index in [9.17, 15) is 4.79 Å². The molecule has 0 radical (unpaired) electrons. The first-order valence-corrected chi connectivity index (χ1v) is 7.49. The summed E-state index contributed by atoms with van der Waals surface area (Å²) in [6, 6.07) is 5.30. The van der Waals surface area contributed by atoms with Crippen molar-refractivity contribution in [1.29, 1.82) is 0 Å². The van der Waals surface area contributed by atoms with Gasteiger partial charge in [-0.05, 0) is 38.0 Å². The van der Waals surface area contributed by atoms with Gasteiger partial charge in [-0.15, -0.1) is 0 Å². The van der Waals surface area contributed by atoms with E-state index in [1.165, 1.54) is 0 Å². The van der Waals surface area contributed by atoms with Crippen molar-refractivity contribution in [2.24, 2.45) is 0 Å². The van der Waals surface area contributed by atoms with Gasteiger partial charge in [-0.25, -0.2) is 4.79 Å². The Kier molecular flexibility index (Phi) is 4.33. The summed E-state index contributed by atoms with van der Waals surface area (Å²) in [4.78, 5) is 12.3. The predicted molar refractivity (Wildman–Crippen MR) is 79.2 cm³/mol. The van der Waals surface area contributed by atoms with Crippen LogP contribution in [0.25, 0.3) is 0 Å². The zero-order chi connectivity index (χ0) is 15.0. The molecule has 1 aliphatic heterocycles. The molecule has 5 heteroatoms. The number of ether oxygens (including phenoxy) is 2. The Morgan fingerprint density at radius 2 is 2.00 bits per heavy atom. The monoisotopic (exact) mass is 316 g/mol. The molecule has 0 aromatic heterocycles. The molecule has 2 unspecified atom stereocenters. The standard InChI is InChI=1S/C15H18Cl2O3/c1-4-8-15(13(18)19-5-2)14(3,20-15)10-6-7-11(16)12(17)9-10/h6-7,9H,4-5,8H2,1-3H3. The SMILES string of the molecule is CCCC1(C(=O)OCC)OC1(C)c1ccc(Cl)c(Cl)c1. The summed E-state index contributed by atoms with van der Waals surface area (Å²) in [5, 5.41) is 0.937. The largest absolute Gasteiger partial charge is 0.464 e. The average Bonchev–Trinajstić information content (AvgIpc) is 3.01. The Hall–Kier alpha value is -0.770. The van der Waals surface area contributed by atoms with Gasteiger partial charge in [0.1, 0.15) is 5.60 Å². The molecular weight excluding hydrogens is 299 g/mol. The van der Waals surface area contributed by atoms with E-state index in [-0.39, 0.29) is 5.97 Å². The predicted octanol–water partition coefficient (Wildman–Crippen LogP) is 4.34. The van der Waals surface area contributed by atoms with Crippen molar-refractivity contribution in [3.8, 4) is 0 Å². The number of benzene rings is 1. The van der Waals surface area contributed by atoms with Gasteiger partial charge in [-0.2, -0.15) is 0 Å². The highest BCUT2D eigenvalue weighted by atomic mass is 35.5. The van der Waals surface area contributed by atoms with Gasteiger partial charge in [0, 0.05) is 0 Å². The van der Waals surface area contributed by atoms with Crippen molar-refractivity contribution >= 4 is 29.2 Å². The summed E-state index contributed by atoms with van der Waals surface area (Å²) in [5.41, 5.74) is -0.772. The van der Waals surface area contributed by atoms with Gasteiger partial charge in [-0.1, -0.05) is 42.6 Å². The van der Waals surface area contributed by atoms with Crippen LogP contribution >= 0.6 is 23.2 Å². The third kappa shape index (κ3) is 2.32. The van der Waals surface area contributed by atoms with Gasteiger partial charge < -0.3 is 9.47 Å². The molecule has 0 bridgehead atoms. The van der Waals surface area contributed by atoms with Crippen LogP contribution in [0.1, 0.15) is 39.2 Å². The minimum absolute atomic E-state index is 0.310. The molecule has 1 aliphatic rings. The van der Waals surface area contributed by atoms with Crippen LogP contribution in [0.5, 0.6) is 0 Å². The molecule has 1 saturated heterocycles. The minimum Gasteiger partial charge on any atom is -0.464 e. The maximum Gasteiger partial charge on any atom is 0.341 e. The highest BCUT2D eigenvalue weighted by Gasteiger charge is 2.73. The lowest BCUT2D eigenvalue weighted by Crippen LogP contribution is -2.33. The lowest BCUT2D eigenvalue weighted by Gasteiger charge is -2.16. The highest BCUT2D eigenvalue weighted by Crippen LogP contribution is 2.59. The van der Waals surface area contributed by atoms with E-state index in [4.69, 9.17) is 32.7 Å². The van der Waals surface area contributed by atoms with E-state index in [0.29, 0.717) is 23.1 Å². The maximum absolute atomic E-state index is 12.3. The number of halogens is 2. The van der Waals surface area contributed by atoms with Crippen molar-refractivity contribution in [1.82, 2.24) is 0 Å². The fourth-order valence-electron chi connectivity index (χ4n) is 2.64. The molecule has 2 atom stereocenters. The van der Waals surface area contributed by atoms with Crippen molar-refractivity contribution in [2.45, 2.75) is 44.8 Å². The van der Waals surface area contributed by atoms with Gasteiger partial charge in [0.15, 0.2) is 5.60 Å². The quantitative estimate of drug-likeness (QED) is 0.599. The van der Waals surface area contributed by atoms with Gasteiger partial charge in [-0.3, -0.25) is 0 Å². The van der Waals surface area contributed by atoms with E-state index < -0.39 is 11.2 Å². The van der Waals surface area contributed by atoms with Crippen LogP contribution in [0, 0.1) is 0 Å². The first kappa shape index (κ1) is 15.6. The molecule has 1 aromatic carbocycles. The van der Waals surface area contributed by atoms with Gasteiger partial charge >= 0.3 is 5.97 Å². The summed E-state index contributed by atoms with van der Waals surface area (Å²) >= 11 is 12.0. The lowest BCUT2D eigenvalue weighted by molar-refractivity contribution is -0.149. The van der Waals surface area contributed by atoms with E-state index in [1.807, 2.05) is 19.9 Å². The summed E-state index contributed by atoms with van der Waals surface area (Å²) in [6.07, 6.45) is 1.44. The van der Waals surface area contributed by atoms with Crippen LogP contribution in [0.2, 0.25) is 10.0 Å². The molecule has 1 fully saturated rings. The molecule has 110 valence electrons. The van der Waals surface area contributed by atoms with Gasteiger partial charge in [0.25, 0.3) is 0 Å². The van der Waals surface area contributed by atoms with E-state index in [2.05, 4.69) is 0 Å². The molecule has 1 aromatic rings. The topological polar surface area (TPSA) is 38.8 Å². The van der Waals surface area contributed by atoms with Crippen LogP contribution in [-0.2, 0) is 19.9 Å². The first-order valence-electron chi connectivity index (χ1n) is 6.74. The lowest BCUT2D eigenvalue weighted by atomic mass is 9.84. The van der Waals surface area contributed by atoms with E-state index in [0.717, 1.165) is 12.0 Å². The van der Waals surface area contributed by atoms with Crippen LogP contribution in [0.15, 0.2) is 18.2 Å².